The molecule has 0 N–H and O–H groups in total. The molecule has 5 heavy (non-hydrogen) atoms. The summed E-state index contributed by atoms with van der Waals surface area (Å²) < 4.78 is 8.00. The molecule has 0 aromatic heterocycles. The second-order valence-electron chi connectivity index (χ2n) is 0. The molecule has 0 saturated heterocycles. The predicted octanol–water partition coefficient (Wildman–Crippen LogP) is -0.282. The van der Waals surface area contributed by atoms with Crippen molar-refractivity contribution < 1.29 is 72.7 Å². The number of hydrogen-bond donors (Lipinski definition) is 0. The van der Waals surface area contributed by atoms with E-state index in [9.17, 15) is 0 Å². The van der Waals surface area contributed by atoms with E-state index in [1.165, 1.54) is 0 Å². The van der Waals surface area contributed by atoms with Gasteiger partial charge >= 0.3 is 65.3 Å². The first-order chi connectivity index (χ1) is 1.00. The molecule has 1 nitrogen and oxygen atoms in total. The van der Waals surface area contributed by atoms with Crippen LogP contribution in [0.5, 0.6) is 0 Å². The van der Waals surface area contributed by atoms with Gasteiger partial charge in [0.25, 0.3) is 0 Å². The van der Waals surface area contributed by atoms with Crippen molar-refractivity contribution >= 4 is 45.5 Å². The third kappa shape index (κ3) is 18.6. The summed E-state index contributed by atoms with van der Waals surface area (Å²) in [5.41, 5.74) is 0. The van der Waals surface area contributed by atoms with Gasteiger partial charge in [-0.05, 0) is 0 Å². The van der Waals surface area contributed by atoms with Gasteiger partial charge in [-0.3, -0.25) is 0 Å². The molecule has 0 spiro atoms. The Kier molecular flexibility index (Phi) is 124. The minimum atomic E-state index is 0. The van der Waals surface area contributed by atoms with Gasteiger partial charge in [0.2, 0.25) is 0 Å². The van der Waals surface area contributed by atoms with E-state index >= 15 is 0 Å². The Morgan fingerprint density at radius 2 is 1.40 bits per heavy atom. The van der Waals surface area contributed by atoms with Gasteiger partial charge in [-0.1, -0.05) is 0 Å². The molecule has 1 radical (unpaired) electrons. The standard InChI is InChI=1S/Cr.Fe.O.Sr.Y.2H/q;;;+2;;2*-1. The van der Waals surface area contributed by atoms with Crippen molar-refractivity contribution in [2.24, 2.45) is 0 Å². The van der Waals surface area contributed by atoms with E-state index in [2.05, 4.69) is 0 Å². The number of hydrogen-bond acceptors (Lipinski definition) is 1. The fourth-order valence-corrected chi connectivity index (χ4v) is 0. The van der Waals surface area contributed by atoms with E-state index in [0.29, 0.717) is 0 Å². The maximum absolute atomic E-state index is 8.00. The summed E-state index contributed by atoms with van der Waals surface area (Å²) in [7, 11) is 0. The van der Waals surface area contributed by atoms with E-state index in [1.54, 1.807) is 0 Å². The van der Waals surface area contributed by atoms with Crippen molar-refractivity contribution in [3.05, 3.63) is 0 Å². The van der Waals surface area contributed by atoms with Gasteiger partial charge in [0, 0.05) is 50.1 Å². The smallest absolute Gasteiger partial charge is 0 e. The Bertz CT molecular complexity index is 17.7. The van der Waals surface area contributed by atoms with E-state index in [1.807, 2.05) is 15.9 Å². The van der Waals surface area contributed by atoms with Crippen LogP contribution in [0.15, 0.2) is 0 Å². The molecule has 0 aromatic rings. The summed E-state index contributed by atoms with van der Waals surface area (Å²) in [6.45, 7) is 0. The molecule has 0 aliphatic heterocycles. The first-order valence-electron chi connectivity index (χ1n) is 0.144. The van der Waals surface area contributed by atoms with Crippen LogP contribution >= 0.6 is 0 Å². The quantitative estimate of drug-likeness (QED) is 0.563. The molecule has 0 atom stereocenters. The van der Waals surface area contributed by atoms with Crippen LogP contribution in [-0.4, -0.2) is 45.5 Å². The van der Waals surface area contributed by atoms with Crippen LogP contribution in [0.2, 0.25) is 0 Å². The second kappa shape index (κ2) is 26.1. The third-order valence-corrected chi connectivity index (χ3v) is 0. The van der Waals surface area contributed by atoms with Crippen LogP contribution in [0.4, 0.5) is 0 Å². The fourth-order valence-electron chi connectivity index (χ4n) is 0. The first-order valence-corrected chi connectivity index (χ1v) is 0.595. The van der Waals surface area contributed by atoms with Crippen LogP contribution in [0.25, 0.3) is 0 Å². The van der Waals surface area contributed by atoms with Crippen LogP contribution in [0.1, 0.15) is 2.85 Å². The average Bonchev–Trinajstić information content (AvgIpc) is 1.00. The Balaban J connectivity index is -0.000000000500. The van der Waals surface area contributed by atoms with Crippen molar-refractivity contribution in [2.45, 2.75) is 0 Å². The molecule has 27 valence electrons. The number of rotatable bonds is 0. The van der Waals surface area contributed by atoms with Crippen molar-refractivity contribution in [2.75, 3.05) is 0 Å². The van der Waals surface area contributed by atoms with Gasteiger partial charge < -0.3 is 2.85 Å². The van der Waals surface area contributed by atoms with Crippen molar-refractivity contribution in [3.63, 3.8) is 0 Å². The van der Waals surface area contributed by atoms with Gasteiger partial charge in [-0.2, -0.15) is 0 Å². The van der Waals surface area contributed by atoms with E-state index in [4.69, 9.17) is 3.83 Å². The molecule has 0 aliphatic rings. The molecule has 0 aliphatic carbocycles. The van der Waals surface area contributed by atoms with Crippen LogP contribution in [0.3, 0.4) is 0 Å². The van der Waals surface area contributed by atoms with Crippen LogP contribution < -0.4 is 0 Å². The maximum atomic E-state index is 8.00. The maximum Gasteiger partial charge on any atom is 2.00 e. The predicted molar refractivity (Wildman–Crippen MR) is 8.66 cm³/mol. The molecular formula is H2CrFeOSrY. The zero-order valence-electron chi connectivity index (χ0n) is 4.45. The van der Waals surface area contributed by atoms with Gasteiger partial charge in [-0.15, -0.1) is 0 Å². The molecule has 0 unspecified atom stereocenters. The van der Waals surface area contributed by atoms with Crippen molar-refractivity contribution in [1.82, 2.24) is 0 Å². The summed E-state index contributed by atoms with van der Waals surface area (Å²) >= 11 is 2.00. The monoisotopic (exact) mass is 303 g/mol. The molecule has 0 saturated carbocycles. The van der Waals surface area contributed by atoms with Gasteiger partial charge in [0.1, 0.15) is 0 Å². The Morgan fingerprint density at radius 3 is 1.40 bits per heavy atom. The van der Waals surface area contributed by atoms with E-state index in [0.717, 1.165) is 0 Å². The molecule has 0 aromatic carbocycles. The Morgan fingerprint density at radius 1 is 1.40 bits per heavy atom. The average molecular weight is 302 g/mol. The molecular weight excluding hydrogens is 300 g/mol. The van der Waals surface area contributed by atoms with E-state index in [-0.39, 0.29) is 98.4 Å². The third-order valence-electron chi connectivity index (χ3n) is 0. The minimum Gasteiger partial charge on any atom is 0 e. The van der Waals surface area contributed by atoms with Gasteiger partial charge in [-0.25, -0.2) is 0 Å². The normalized spacial score (nSPS) is 1.00. The topological polar surface area (TPSA) is 17.1 Å². The van der Waals surface area contributed by atoms with E-state index < -0.39 is 0 Å². The molecule has 0 rings (SSSR count). The first kappa shape index (κ1) is 23.7. The van der Waals surface area contributed by atoms with Crippen molar-refractivity contribution in [3.8, 4) is 0 Å². The molecule has 0 bridgehead atoms. The molecule has 0 heterocycles. The summed E-state index contributed by atoms with van der Waals surface area (Å²) in [6, 6.07) is 0. The molecule has 0 fully saturated rings. The van der Waals surface area contributed by atoms with Gasteiger partial charge in [0.05, 0.1) is 0 Å². The SMILES string of the molecule is [Cr].[H-].[H-].[O]=[Fe].[Sr+2].[Y]. The largest absolute Gasteiger partial charge is 2.00 e. The fraction of sp³-hybridized carbons (Fsp3) is 0. The summed E-state index contributed by atoms with van der Waals surface area (Å²) in [4.78, 5) is 0. The van der Waals surface area contributed by atoms with Crippen LogP contribution in [0, 0.1) is 0 Å². The van der Waals surface area contributed by atoms with Crippen molar-refractivity contribution in [1.29, 1.82) is 0 Å². The Labute approximate surface area is 115 Å². The zero-order valence-corrected chi connectivity index (χ0v) is 11.1. The minimum absolute atomic E-state index is 0. The van der Waals surface area contributed by atoms with Gasteiger partial charge in [0.15, 0.2) is 0 Å². The van der Waals surface area contributed by atoms with Crippen LogP contribution in [-0.2, 0) is 69.8 Å². The summed E-state index contributed by atoms with van der Waals surface area (Å²) in [6.07, 6.45) is 0. The molecule has 0 amide bonds. The zero-order chi connectivity index (χ0) is 2.00. The molecule has 5 heteroatoms. The summed E-state index contributed by atoms with van der Waals surface area (Å²) in [5.74, 6) is 0. The second-order valence-corrected chi connectivity index (χ2v) is 0. The summed E-state index contributed by atoms with van der Waals surface area (Å²) in [5, 5.41) is 0. The Hall–Kier alpha value is 3.44.